The number of likely N-dealkylation sites (N-methyl/N-ethyl adjacent to an activating group) is 2. The van der Waals surface area contributed by atoms with Crippen LogP contribution in [0.5, 0.6) is 0 Å². The van der Waals surface area contributed by atoms with Gasteiger partial charge in [0.2, 0.25) is 0 Å². The van der Waals surface area contributed by atoms with Crippen molar-refractivity contribution in [3.8, 4) is 0 Å². The van der Waals surface area contributed by atoms with Crippen molar-refractivity contribution in [2.45, 2.75) is 6.92 Å². The zero-order valence-corrected chi connectivity index (χ0v) is 6.48. The average Bonchev–Trinajstić information content (AvgIpc) is 1.90. The fourth-order valence-electron chi connectivity index (χ4n) is 1.25. The molecule has 2 heteroatoms. The Labute approximate surface area is 57.4 Å². The van der Waals surface area contributed by atoms with Gasteiger partial charge in [-0.3, -0.25) is 4.90 Å². The van der Waals surface area contributed by atoms with Gasteiger partial charge in [-0.2, -0.15) is 0 Å². The molecule has 9 heavy (non-hydrogen) atoms. The van der Waals surface area contributed by atoms with Gasteiger partial charge in [0.1, 0.15) is 0 Å². The maximum atomic E-state index is 2.51. The quantitative estimate of drug-likeness (QED) is 0.469. The van der Waals surface area contributed by atoms with Gasteiger partial charge in [0, 0.05) is 13.1 Å². The van der Waals surface area contributed by atoms with Crippen LogP contribution in [0, 0.1) is 0 Å². The number of quaternary nitrogens is 1. The highest BCUT2D eigenvalue weighted by Gasteiger charge is 2.13. The molecule has 1 heterocycles. The molecule has 1 saturated heterocycles. The van der Waals surface area contributed by atoms with E-state index in [1.807, 2.05) is 0 Å². The van der Waals surface area contributed by atoms with Gasteiger partial charge >= 0.3 is 0 Å². The molecule has 1 aliphatic rings. The van der Waals surface area contributed by atoms with Gasteiger partial charge in [0.05, 0.1) is 20.1 Å². The lowest BCUT2D eigenvalue weighted by molar-refractivity contribution is -0.884. The van der Waals surface area contributed by atoms with E-state index in [2.05, 4.69) is 18.9 Å². The summed E-state index contributed by atoms with van der Waals surface area (Å²) < 4.78 is 0. The summed E-state index contributed by atoms with van der Waals surface area (Å²) in [7, 11) is 2.27. The molecule has 0 unspecified atom stereocenters. The highest BCUT2D eigenvalue weighted by Crippen LogP contribution is 1.85. The van der Waals surface area contributed by atoms with E-state index in [9.17, 15) is 0 Å². The van der Waals surface area contributed by atoms with E-state index in [-0.39, 0.29) is 0 Å². The summed E-state index contributed by atoms with van der Waals surface area (Å²) >= 11 is 0. The Morgan fingerprint density at radius 2 is 1.89 bits per heavy atom. The molecule has 0 aromatic carbocycles. The van der Waals surface area contributed by atoms with Gasteiger partial charge in [0.25, 0.3) is 0 Å². The van der Waals surface area contributed by atoms with Crippen LogP contribution in [0.3, 0.4) is 0 Å². The van der Waals surface area contributed by atoms with E-state index < -0.39 is 0 Å². The summed E-state index contributed by atoms with van der Waals surface area (Å²) in [5, 5.41) is 0. The lowest BCUT2D eigenvalue weighted by atomic mass is 10.3. The van der Waals surface area contributed by atoms with Crippen molar-refractivity contribution in [1.29, 1.82) is 0 Å². The molecule has 0 amide bonds. The second-order valence-corrected chi connectivity index (χ2v) is 2.89. The van der Waals surface area contributed by atoms with Crippen LogP contribution in [0.1, 0.15) is 6.92 Å². The monoisotopic (exact) mass is 129 g/mol. The summed E-state index contributed by atoms with van der Waals surface area (Å²) in [6.07, 6.45) is 0. The van der Waals surface area contributed by atoms with E-state index in [1.165, 1.54) is 32.7 Å². The molecule has 0 aromatic rings. The predicted molar refractivity (Wildman–Crippen MR) is 38.7 cm³/mol. The first-order chi connectivity index (χ1) is 4.33. The number of hydrogen-bond acceptors (Lipinski definition) is 1. The third kappa shape index (κ3) is 1.95. The molecule has 0 bridgehead atoms. The first-order valence-electron chi connectivity index (χ1n) is 3.86. The Morgan fingerprint density at radius 3 is 2.33 bits per heavy atom. The van der Waals surface area contributed by atoms with Crippen molar-refractivity contribution in [2.75, 3.05) is 39.8 Å². The van der Waals surface area contributed by atoms with Crippen LogP contribution >= 0.6 is 0 Å². The van der Waals surface area contributed by atoms with Crippen LogP contribution in [0.15, 0.2) is 0 Å². The highest BCUT2D eigenvalue weighted by molar-refractivity contribution is 4.56. The van der Waals surface area contributed by atoms with Crippen LogP contribution in [0.2, 0.25) is 0 Å². The maximum Gasteiger partial charge on any atom is 0.0898 e. The fourth-order valence-corrected chi connectivity index (χ4v) is 1.25. The van der Waals surface area contributed by atoms with Crippen LogP contribution < -0.4 is 4.90 Å². The molecule has 0 atom stereocenters. The zero-order valence-electron chi connectivity index (χ0n) is 6.48. The summed E-state index contributed by atoms with van der Waals surface area (Å²) in [5.41, 5.74) is 0. The number of nitrogens with zero attached hydrogens (tertiary/aromatic N) is 1. The Kier molecular flexibility index (Phi) is 2.49. The third-order valence-corrected chi connectivity index (χ3v) is 2.16. The van der Waals surface area contributed by atoms with Crippen molar-refractivity contribution in [3.05, 3.63) is 0 Å². The molecule has 54 valence electrons. The number of nitrogens with one attached hydrogen (secondary N) is 1. The molecule has 0 aliphatic carbocycles. The topological polar surface area (TPSA) is 7.68 Å². The largest absolute Gasteiger partial charge is 0.335 e. The predicted octanol–water partition coefficient (Wildman–Crippen LogP) is -1.16. The Balaban J connectivity index is 2.18. The molecule has 1 aliphatic heterocycles. The van der Waals surface area contributed by atoms with E-state index in [1.54, 1.807) is 4.90 Å². The van der Waals surface area contributed by atoms with Gasteiger partial charge in [-0.1, -0.05) is 6.92 Å². The summed E-state index contributed by atoms with van der Waals surface area (Å²) in [6, 6.07) is 0. The van der Waals surface area contributed by atoms with Gasteiger partial charge in [-0.05, 0) is 6.54 Å². The molecule has 1 rings (SSSR count). The zero-order chi connectivity index (χ0) is 6.69. The lowest BCUT2D eigenvalue weighted by Crippen LogP contribution is -3.11. The SMILES string of the molecule is CCN1CC[NH+](C)CC1. The average molecular weight is 129 g/mol. The maximum absolute atomic E-state index is 2.51. The fraction of sp³-hybridized carbons (Fsp3) is 1.00. The highest BCUT2D eigenvalue weighted by atomic mass is 15.2. The van der Waals surface area contributed by atoms with Crippen LogP contribution in [0.4, 0.5) is 0 Å². The third-order valence-electron chi connectivity index (χ3n) is 2.16. The molecular weight excluding hydrogens is 112 g/mol. The van der Waals surface area contributed by atoms with Gasteiger partial charge < -0.3 is 4.90 Å². The molecular formula is C7H17N2+. The molecule has 0 aromatic heterocycles. The van der Waals surface area contributed by atoms with Crippen molar-refractivity contribution in [2.24, 2.45) is 0 Å². The van der Waals surface area contributed by atoms with E-state index in [4.69, 9.17) is 0 Å². The molecule has 2 nitrogen and oxygen atoms in total. The van der Waals surface area contributed by atoms with Gasteiger partial charge in [0.15, 0.2) is 0 Å². The molecule has 0 spiro atoms. The number of rotatable bonds is 1. The first-order valence-corrected chi connectivity index (χ1v) is 3.86. The number of hydrogen-bond donors (Lipinski definition) is 1. The second-order valence-electron chi connectivity index (χ2n) is 2.89. The smallest absolute Gasteiger partial charge is 0.0898 e. The summed E-state index contributed by atoms with van der Waals surface area (Å²) in [6.45, 7) is 8.71. The van der Waals surface area contributed by atoms with Crippen molar-refractivity contribution in [1.82, 2.24) is 4.90 Å². The standard InChI is InChI=1S/C7H16N2/c1-3-9-6-4-8(2)5-7-9/h3-7H2,1-2H3/p+1. The minimum atomic E-state index is 1.23. The molecule has 0 saturated carbocycles. The van der Waals surface area contributed by atoms with Crippen molar-refractivity contribution >= 4 is 0 Å². The molecule has 1 N–H and O–H groups in total. The van der Waals surface area contributed by atoms with Gasteiger partial charge in [-0.25, -0.2) is 0 Å². The van der Waals surface area contributed by atoms with E-state index >= 15 is 0 Å². The second kappa shape index (κ2) is 3.18. The minimum absolute atomic E-state index is 1.23. The van der Waals surface area contributed by atoms with E-state index in [0.717, 1.165) is 0 Å². The Bertz CT molecular complexity index is 75.0. The van der Waals surface area contributed by atoms with Crippen molar-refractivity contribution < 1.29 is 4.90 Å². The minimum Gasteiger partial charge on any atom is -0.335 e. The first kappa shape index (κ1) is 7.03. The van der Waals surface area contributed by atoms with Gasteiger partial charge in [-0.15, -0.1) is 0 Å². The Morgan fingerprint density at radius 1 is 1.33 bits per heavy atom. The van der Waals surface area contributed by atoms with E-state index in [0.29, 0.717) is 0 Å². The van der Waals surface area contributed by atoms with Crippen LogP contribution in [0.25, 0.3) is 0 Å². The molecule has 0 radical (unpaired) electrons. The normalized spacial score (nSPS) is 24.7. The van der Waals surface area contributed by atoms with Crippen LogP contribution in [-0.4, -0.2) is 44.7 Å². The number of piperazine rings is 1. The summed E-state index contributed by atoms with van der Waals surface area (Å²) in [5.74, 6) is 0. The Hall–Kier alpha value is -0.0800. The van der Waals surface area contributed by atoms with Crippen molar-refractivity contribution in [3.63, 3.8) is 0 Å². The summed E-state index contributed by atoms with van der Waals surface area (Å²) in [4.78, 5) is 4.19. The van der Waals surface area contributed by atoms with Crippen LogP contribution in [-0.2, 0) is 0 Å². The lowest BCUT2D eigenvalue weighted by Gasteiger charge is -2.28. The molecule has 1 fully saturated rings.